The molecule has 4 atom stereocenters. The number of carbonyl (C=O) groups is 2. The molecule has 7 heteroatoms. The molecule has 3 rings (SSSR count). The van der Waals surface area contributed by atoms with Crippen molar-refractivity contribution in [3.8, 4) is 0 Å². The Bertz CT molecular complexity index is 753. The normalized spacial score (nSPS) is 24.8. The molecule has 0 N–H and O–H groups in total. The van der Waals surface area contributed by atoms with Crippen LogP contribution in [0, 0.1) is 0 Å². The first-order valence-corrected chi connectivity index (χ1v) is 9.81. The first-order valence-electron chi connectivity index (χ1n) is 7.98. The van der Waals surface area contributed by atoms with Crippen molar-refractivity contribution in [3.05, 3.63) is 71.8 Å². The van der Waals surface area contributed by atoms with Crippen LogP contribution in [-0.4, -0.2) is 40.6 Å². The van der Waals surface area contributed by atoms with Crippen molar-refractivity contribution in [2.45, 2.75) is 22.0 Å². The zero-order chi connectivity index (χ0) is 18.5. The molecule has 1 aliphatic heterocycles. The Balaban J connectivity index is 1.63. The maximum absolute atomic E-state index is 12.3. The summed E-state index contributed by atoms with van der Waals surface area (Å²) in [6, 6.07) is 17.4. The van der Waals surface area contributed by atoms with E-state index in [4.69, 9.17) is 14.2 Å². The van der Waals surface area contributed by atoms with Gasteiger partial charge in [-0.1, -0.05) is 68.3 Å². The van der Waals surface area contributed by atoms with E-state index in [2.05, 4.69) is 31.9 Å². The molecule has 26 heavy (non-hydrogen) atoms. The molecule has 2 aromatic carbocycles. The molecule has 5 nitrogen and oxygen atoms in total. The first-order chi connectivity index (χ1) is 12.6. The van der Waals surface area contributed by atoms with Crippen molar-refractivity contribution < 1.29 is 23.8 Å². The molecule has 0 spiro atoms. The van der Waals surface area contributed by atoms with E-state index < -0.39 is 24.1 Å². The van der Waals surface area contributed by atoms with Gasteiger partial charge >= 0.3 is 11.9 Å². The summed E-state index contributed by atoms with van der Waals surface area (Å²) < 4.78 is 16.7. The molecule has 1 fully saturated rings. The van der Waals surface area contributed by atoms with Crippen LogP contribution in [0.15, 0.2) is 60.7 Å². The van der Waals surface area contributed by atoms with Crippen LogP contribution in [0.4, 0.5) is 0 Å². The van der Waals surface area contributed by atoms with Gasteiger partial charge in [-0.15, -0.1) is 0 Å². The molecule has 136 valence electrons. The molecule has 0 aliphatic carbocycles. The van der Waals surface area contributed by atoms with Gasteiger partial charge in [0.1, 0.15) is 23.8 Å². The Morgan fingerprint density at radius 1 is 0.885 bits per heavy atom. The number of hydrogen-bond acceptors (Lipinski definition) is 5. The van der Waals surface area contributed by atoms with E-state index in [1.54, 1.807) is 48.5 Å². The number of ether oxygens (including phenoxy) is 3. The third-order valence-corrected chi connectivity index (χ3v) is 6.37. The highest BCUT2D eigenvalue weighted by molar-refractivity contribution is 9.12. The van der Waals surface area contributed by atoms with E-state index in [1.807, 2.05) is 12.1 Å². The maximum atomic E-state index is 12.3. The van der Waals surface area contributed by atoms with E-state index >= 15 is 0 Å². The van der Waals surface area contributed by atoms with E-state index in [0.29, 0.717) is 11.1 Å². The van der Waals surface area contributed by atoms with E-state index in [9.17, 15) is 9.59 Å². The van der Waals surface area contributed by atoms with Crippen LogP contribution in [-0.2, 0) is 14.2 Å². The lowest BCUT2D eigenvalue weighted by Crippen LogP contribution is -2.36. The minimum Gasteiger partial charge on any atom is -0.459 e. The lowest BCUT2D eigenvalue weighted by atomic mass is 10.2. The summed E-state index contributed by atoms with van der Waals surface area (Å²) in [5.41, 5.74) is 0.902. The van der Waals surface area contributed by atoms with E-state index in [-0.39, 0.29) is 16.4 Å². The molecule has 0 aromatic heterocycles. The third kappa shape index (κ3) is 4.52. The molecule has 1 heterocycles. The van der Waals surface area contributed by atoms with Gasteiger partial charge in [0.25, 0.3) is 0 Å². The third-order valence-electron chi connectivity index (χ3n) is 3.88. The molecule has 0 saturated carbocycles. The van der Waals surface area contributed by atoms with Gasteiger partial charge in [-0.05, 0) is 24.3 Å². The highest BCUT2D eigenvalue weighted by Gasteiger charge is 2.45. The summed E-state index contributed by atoms with van der Waals surface area (Å²) in [5, 5.41) is -0.364. The average Bonchev–Trinajstić information content (AvgIpc) is 2.95. The van der Waals surface area contributed by atoms with Crippen molar-refractivity contribution in [1.29, 1.82) is 0 Å². The zero-order valence-electron chi connectivity index (χ0n) is 13.6. The van der Waals surface area contributed by atoms with Crippen LogP contribution in [0.5, 0.6) is 0 Å². The van der Waals surface area contributed by atoms with Gasteiger partial charge in [-0.2, -0.15) is 0 Å². The zero-order valence-corrected chi connectivity index (χ0v) is 16.8. The molecule has 1 saturated heterocycles. The molecule has 0 bridgehead atoms. The van der Waals surface area contributed by atoms with Crippen LogP contribution < -0.4 is 0 Å². The summed E-state index contributed by atoms with van der Waals surface area (Å²) in [4.78, 5) is 24.2. The Hall–Kier alpha value is -1.70. The fourth-order valence-electron chi connectivity index (χ4n) is 2.53. The molecule has 0 amide bonds. The van der Waals surface area contributed by atoms with Crippen molar-refractivity contribution in [3.63, 3.8) is 0 Å². The number of hydrogen-bond donors (Lipinski definition) is 0. The number of benzene rings is 2. The van der Waals surface area contributed by atoms with E-state index in [1.165, 1.54) is 0 Å². The SMILES string of the molecule is O=C(OC[C@H]1O[C@H](Br)[C@H](Br)[C@@H]1OC(=O)c1ccccc1)c1ccccc1. The van der Waals surface area contributed by atoms with Crippen LogP contribution in [0.2, 0.25) is 0 Å². The number of alkyl halides is 2. The molecule has 0 radical (unpaired) electrons. The maximum Gasteiger partial charge on any atom is 0.338 e. The smallest absolute Gasteiger partial charge is 0.338 e. The summed E-state index contributed by atoms with van der Waals surface area (Å²) in [5.74, 6) is -0.906. The monoisotopic (exact) mass is 482 g/mol. The molecule has 2 aromatic rings. The minimum absolute atomic E-state index is 0.0232. The highest BCUT2D eigenvalue weighted by Crippen LogP contribution is 2.33. The van der Waals surface area contributed by atoms with Gasteiger partial charge in [-0.3, -0.25) is 0 Å². The number of carbonyl (C=O) groups excluding carboxylic acids is 2. The fourth-order valence-corrected chi connectivity index (χ4v) is 3.68. The van der Waals surface area contributed by atoms with Gasteiger partial charge in [0.05, 0.1) is 16.0 Å². The van der Waals surface area contributed by atoms with Crippen molar-refractivity contribution in [2.75, 3.05) is 6.61 Å². The number of halogens is 2. The number of rotatable bonds is 5. The lowest BCUT2D eigenvalue weighted by molar-refractivity contribution is -0.0306. The fraction of sp³-hybridized carbons (Fsp3) is 0.263. The second-order valence-corrected chi connectivity index (χ2v) is 7.63. The molecular weight excluding hydrogens is 468 g/mol. The van der Waals surface area contributed by atoms with Crippen molar-refractivity contribution >= 4 is 43.8 Å². The summed E-state index contributed by atoms with van der Waals surface area (Å²) in [7, 11) is 0. The summed E-state index contributed by atoms with van der Waals surface area (Å²) in [6.45, 7) is -0.0232. The van der Waals surface area contributed by atoms with Gasteiger partial charge in [0.2, 0.25) is 0 Å². The van der Waals surface area contributed by atoms with Gasteiger partial charge in [-0.25, -0.2) is 9.59 Å². The quantitative estimate of drug-likeness (QED) is 0.476. The largest absolute Gasteiger partial charge is 0.459 e. The van der Waals surface area contributed by atoms with E-state index in [0.717, 1.165) is 0 Å². The first kappa shape index (κ1) is 19.1. The Morgan fingerprint density at radius 2 is 1.42 bits per heavy atom. The highest BCUT2D eigenvalue weighted by atomic mass is 79.9. The van der Waals surface area contributed by atoms with Crippen molar-refractivity contribution in [2.24, 2.45) is 0 Å². The summed E-state index contributed by atoms with van der Waals surface area (Å²) in [6.07, 6.45) is -1.18. The lowest BCUT2D eigenvalue weighted by Gasteiger charge is -2.20. The Labute approximate surface area is 167 Å². The predicted octanol–water partition coefficient (Wildman–Crippen LogP) is 3.95. The average molecular weight is 484 g/mol. The summed E-state index contributed by atoms with van der Waals surface area (Å²) >= 11 is 6.86. The predicted molar refractivity (Wildman–Crippen MR) is 103 cm³/mol. The van der Waals surface area contributed by atoms with Crippen molar-refractivity contribution in [1.82, 2.24) is 0 Å². The van der Waals surface area contributed by atoms with Crippen LogP contribution in [0.25, 0.3) is 0 Å². The van der Waals surface area contributed by atoms with Gasteiger partial charge in [0, 0.05) is 0 Å². The van der Waals surface area contributed by atoms with Crippen LogP contribution in [0.3, 0.4) is 0 Å². The molecular formula is C19H16Br2O5. The topological polar surface area (TPSA) is 61.8 Å². The second-order valence-electron chi connectivity index (χ2n) is 5.67. The molecule has 1 aliphatic rings. The second kappa shape index (κ2) is 8.79. The Morgan fingerprint density at radius 3 is 2.00 bits per heavy atom. The van der Waals surface area contributed by atoms with Crippen LogP contribution in [0.1, 0.15) is 20.7 Å². The number of esters is 2. The van der Waals surface area contributed by atoms with Gasteiger partial charge in [0.15, 0.2) is 0 Å². The minimum atomic E-state index is -0.601. The standard InChI is InChI=1S/C19H16Br2O5/c20-15-16(26-19(23)13-9-5-2-6-10-13)14(25-17(15)21)11-24-18(22)12-7-3-1-4-8-12/h1-10,14-17H,11H2/t14-,15-,16-,17+/m1/s1. The Kier molecular flexibility index (Phi) is 6.45. The van der Waals surface area contributed by atoms with Crippen LogP contribution >= 0.6 is 31.9 Å². The molecule has 0 unspecified atom stereocenters. The van der Waals surface area contributed by atoms with Gasteiger partial charge < -0.3 is 14.2 Å².